The van der Waals surface area contributed by atoms with E-state index < -0.39 is 13.9 Å². The fourth-order valence-electron chi connectivity index (χ4n) is 5.19. The average molecular weight is 741 g/mol. The van der Waals surface area contributed by atoms with E-state index in [1.54, 1.807) is 0 Å². The van der Waals surface area contributed by atoms with E-state index in [1.807, 2.05) is 21.1 Å². The normalized spacial score (nSPS) is 14.4. The van der Waals surface area contributed by atoms with Crippen LogP contribution in [0.5, 0.6) is 0 Å². The van der Waals surface area contributed by atoms with Crippen LogP contribution in [0.4, 0.5) is 0 Å². The van der Waals surface area contributed by atoms with Gasteiger partial charge in [-0.25, -0.2) is 4.57 Å². The number of allylic oxidation sites excluding steroid dienone is 8. The Balaban J connectivity index is 4.25. The second kappa shape index (κ2) is 35.5. The number of nitrogens with zero attached hydrogens (tertiary/aromatic N) is 1. The van der Waals surface area contributed by atoms with Crippen molar-refractivity contribution in [1.82, 2.24) is 0 Å². The molecule has 0 bridgehead atoms. The van der Waals surface area contributed by atoms with E-state index in [1.165, 1.54) is 70.6 Å². The maximum absolute atomic E-state index is 12.6. The van der Waals surface area contributed by atoms with Gasteiger partial charge in [-0.3, -0.25) is 13.8 Å². The summed E-state index contributed by atoms with van der Waals surface area (Å²) in [4.78, 5) is 22.8. The maximum atomic E-state index is 12.6. The summed E-state index contributed by atoms with van der Waals surface area (Å²) in [7, 11) is 1.65. The van der Waals surface area contributed by atoms with Crippen LogP contribution in [-0.4, -0.2) is 75.6 Å². The molecule has 0 aromatic rings. The van der Waals surface area contributed by atoms with Crippen LogP contribution in [0, 0.1) is 0 Å². The minimum atomic E-state index is -4.27. The molecular formula is C42H79NO7P+. The van der Waals surface area contributed by atoms with Gasteiger partial charge in [-0.2, -0.15) is 0 Å². The smallest absolute Gasteiger partial charge is 0.457 e. The highest BCUT2D eigenvalue weighted by Gasteiger charge is 2.26. The highest BCUT2D eigenvalue weighted by Crippen LogP contribution is 2.43. The lowest BCUT2D eigenvalue weighted by Gasteiger charge is -2.24. The lowest BCUT2D eigenvalue weighted by molar-refractivity contribution is -0.870. The van der Waals surface area contributed by atoms with Crippen LogP contribution >= 0.6 is 7.82 Å². The van der Waals surface area contributed by atoms with Gasteiger partial charge in [-0.1, -0.05) is 133 Å². The Hall–Kier alpha value is -1.54. The summed E-state index contributed by atoms with van der Waals surface area (Å²) in [5.74, 6) is -0.330. The van der Waals surface area contributed by atoms with Gasteiger partial charge in [0, 0.05) is 13.0 Å². The van der Waals surface area contributed by atoms with Gasteiger partial charge in [0.1, 0.15) is 19.3 Å². The fourth-order valence-corrected chi connectivity index (χ4v) is 5.94. The third kappa shape index (κ3) is 39.5. The van der Waals surface area contributed by atoms with Crippen molar-refractivity contribution >= 4 is 13.8 Å². The van der Waals surface area contributed by atoms with Gasteiger partial charge in [-0.15, -0.1) is 0 Å². The first-order valence-corrected chi connectivity index (χ1v) is 21.9. The molecule has 0 amide bonds. The molecule has 0 aliphatic rings. The first-order valence-electron chi connectivity index (χ1n) is 20.4. The highest BCUT2D eigenvalue weighted by atomic mass is 31.2. The zero-order valence-corrected chi connectivity index (χ0v) is 34.5. The summed E-state index contributed by atoms with van der Waals surface area (Å²) < 4.78 is 34.9. The number of hydrogen-bond donors (Lipinski definition) is 1. The Labute approximate surface area is 314 Å². The molecule has 0 saturated heterocycles. The summed E-state index contributed by atoms with van der Waals surface area (Å²) in [6.45, 7) is 5.43. The molecule has 8 nitrogen and oxygen atoms in total. The van der Waals surface area contributed by atoms with E-state index in [9.17, 15) is 14.3 Å². The molecule has 2 unspecified atom stereocenters. The van der Waals surface area contributed by atoms with Crippen molar-refractivity contribution in [3.05, 3.63) is 48.6 Å². The van der Waals surface area contributed by atoms with Gasteiger partial charge in [0.25, 0.3) is 0 Å². The van der Waals surface area contributed by atoms with Gasteiger partial charge in [0.05, 0.1) is 34.4 Å². The first kappa shape index (κ1) is 49.5. The lowest BCUT2D eigenvalue weighted by atomic mass is 10.1. The van der Waals surface area contributed by atoms with Crippen molar-refractivity contribution < 1.29 is 37.3 Å². The molecule has 1 N–H and O–H groups in total. The standard InChI is InChI=1S/C42H78NO7P/c1-6-8-10-12-14-16-18-19-20-21-22-23-24-26-28-30-32-34-37-47-39-41(40-49-51(45,46)48-38-36-43(3,4)5)50-42(44)35-33-31-29-27-25-17-15-13-11-9-7-2/h8,10,13-16,19-20,41H,6-7,9,11-12,17-18,21-40H2,1-5H3/p+1/b10-8-,15-13-,16-14-,20-19-. The van der Waals surface area contributed by atoms with E-state index in [0.29, 0.717) is 24.1 Å². The molecule has 0 rings (SSSR count). The molecule has 0 aromatic carbocycles. The molecule has 2 atom stereocenters. The fraction of sp³-hybridized carbons (Fsp3) is 0.786. The van der Waals surface area contributed by atoms with E-state index >= 15 is 0 Å². The van der Waals surface area contributed by atoms with Crippen LogP contribution < -0.4 is 0 Å². The van der Waals surface area contributed by atoms with Gasteiger partial charge >= 0.3 is 13.8 Å². The summed E-state index contributed by atoms with van der Waals surface area (Å²) in [6, 6.07) is 0. The van der Waals surface area contributed by atoms with Crippen molar-refractivity contribution in [1.29, 1.82) is 0 Å². The van der Waals surface area contributed by atoms with Crippen molar-refractivity contribution in [2.24, 2.45) is 0 Å². The van der Waals surface area contributed by atoms with E-state index in [4.69, 9.17) is 18.5 Å². The summed E-state index contributed by atoms with van der Waals surface area (Å²) in [5, 5.41) is 0. The van der Waals surface area contributed by atoms with Crippen molar-refractivity contribution in [2.75, 3.05) is 54.1 Å². The Bertz CT molecular complexity index is 957. The van der Waals surface area contributed by atoms with Crippen molar-refractivity contribution in [3.63, 3.8) is 0 Å². The lowest BCUT2D eigenvalue weighted by Crippen LogP contribution is -2.37. The van der Waals surface area contributed by atoms with Crippen LogP contribution in [0.15, 0.2) is 48.6 Å². The van der Waals surface area contributed by atoms with Crippen LogP contribution in [-0.2, 0) is 27.9 Å². The molecule has 0 spiro atoms. The van der Waals surface area contributed by atoms with Crippen LogP contribution in [0.2, 0.25) is 0 Å². The zero-order chi connectivity index (χ0) is 37.7. The highest BCUT2D eigenvalue weighted by molar-refractivity contribution is 7.47. The molecule has 51 heavy (non-hydrogen) atoms. The summed E-state index contributed by atoms with van der Waals surface area (Å²) >= 11 is 0. The number of rotatable bonds is 37. The molecule has 9 heteroatoms. The topological polar surface area (TPSA) is 91.3 Å². The molecular weight excluding hydrogens is 661 g/mol. The van der Waals surface area contributed by atoms with Crippen LogP contribution in [0.1, 0.15) is 155 Å². The van der Waals surface area contributed by atoms with Gasteiger partial charge in [-0.05, 0) is 64.2 Å². The molecule has 298 valence electrons. The molecule has 0 radical (unpaired) electrons. The summed E-state index contributed by atoms with van der Waals surface area (Å²) in [5.41, 5.74) is 0. The number of ether oxygens (including phenoxy) is 2. The number of unbranched alkanes of at least 4 members (excludes halogenated alkanes) is 15. The molecule has 0 aromatic heterocycles. The number of likely N-dealkylation sites (N-methyl/N-ethyl adjacent to an activating group) is 1. The number of esters is 1. The Morgan fingerprint density at radius 2 is 1.14 bits per heavy atom. The van der Waals surface area contributed by atoms with E-state index in [0.717, 1.165) is 64.2 Å². The van der Waals surface area contributed by atoms with E-state index in [2.05, 4.69) is 62.5 Å². The number of hydrogen-bond acceptors (Lipinski definition) is 6. The minimum Gasteiger partial charge on any atom is -0.457 e. The van der Waals surface area contributed by atoms with Crippen molar-refractivity contribution in [3.8, 4) is 0 Å². The average Bonchev–Trinajstić information content (AvgIpc) is 3.08. The predicted molar refractivity (Wildman–Crippen MR) is 215 cm³/mol. The Morgan fingerprint density at radius 3 is 1.73 bits per heavy atom. The number of quaternary nitrogens is 1. The predicted octanol–water partition coefficient (Wildman–Crippen LogP) is 11.6. The maximum Gasteiger partial charge on any atom is 0.472 e. The molecule has 0 aliphatic carbocycles. The second-order valence-corrected chi connectivity index (χ2v) is 16.1. The number of phosphoric ester groups is 1. The Morgan fingerprint density at radius 1 is 0.627 bits per heavy atom. The SMILES string of the molecule is CC/C=C\C/C=C\C/C=C\CCCCCCCCCCOCC(COP(=O)(O)OCC[N+](C)(C)C)OC(=O)CCCCCCC/C=C\CCCC. The minimum absolute atomic E-state index is 0.0839. The third-order valence-corrected chi connectivity index (χ3v) is 9.36. The quantitative estimate of drug-likeness (QED) is 0.0223. The molecule has 0 aliphatic heterocycles. The summed E-state index contributed by atoms with van der Waals surface area (Å²) in [6.07, 6.45) is 41.4. The first-order chi connectivity index (χ1) is 24.6. The van der Waals surface area contributed by atoms with Gasteiger partial charge in [0.2, 0.25) is 0 Å². The monoisotopic (exact) mass is 741 g/mol. The Kier molecular flexibility index (Phi) is 34.4. The van der Waals surface area contributed by atoms with E-state index in [-0.39, 0.29) is 25.8 Å². The third-order valence-electron chi connectivity index (χ3n) is 8.37. The van der Waals surface area contributed by atoms with Crippen LogP contribution in [0.3, 0.4) is 0 Å². The number of carbonyl (C=O) groups is 1. The largest absolute Gasteiger partial charge is 0.472 e. The zero-order valence-electron chi connectivity index (χ0n) is 33.6. The molecule has 0 heterocycles. The van der Waals surface area contributed by atoms with Crippen molar-refractivity contribution in [2.45, 2.75) is 161 Å². The molecule has 0 saturated carbocycles. The molecule has 0 fully saturated rings. The second-order valence-electron chi connectivity index (χ2n) is 14.6. The van der Waals surface area contributed by atoms with Gasteiger partial charge < -0.3 is 18.9 Å². The van der Waals surface area contributed by atoms with Gasteiger partial charge in [0.15, 0.2) is 0 Å². The van der Waals surface area contributed by atoms with Crippen LogP contribution in [0.25, 0.3) is 0 Å². The number of carbonyl (C=O) groups excluding carboxylic acids is 1. The number of phosphoric acid groups is 1.